The first-order valence-electron chi connectivity index (χ1n) is 7.30. The molecule has 0 aliphatic rings. The van der Waals surface area contributed by atoms with Gasteiger partial charge in [-0.05, 0) is 43.2 Å². The van der Waals surface area contributed by atoms with Gasteiger partial charge in [0.25, 0.3) is 0 Å². The molecule has 2 aromatic rings. The van der Waals surface area contributed by atoms with E-state index in [1.165, 1.54) is 24.1 Å². The van der Waals surface area contributed by atoms with Crippen LogP contribution in [0.3, 0.4) is 0 Å². The molecule has 6 heteroatoms. The normalized spacial score (nSPS) is 12.2. The molecule has 0 radical (unpaired) electrons. The number of amides is 1. The van der Waals surface area contributed by atoms with Crippen LogP contribution in [-0.4, -0.2) is 38.6 Å². The Morgan fingerprint density at radius 3 is 2.74 bits per heavy atom. The third-order valence-corrected chi connectivity index (χ3v) is 4.54. The van der Waals surface area contributed by atoms with Gasteiger partial charge in [-0.15, -0.1) is 11.3 Å². The molecule has 23 heavy (non-hydrogen) atoms. The Morgan fingerprint density at radius 2 is 2.17 bits per heavy atom. The molecular weight excluding hydrogens is 315 g/mol. The van der Waals surface area contributed by atoms with Crippen LogP contribution in [0.15, 0.2) is 35.7 Å². The van der Waals surface area contributed by atoms with Gasteiger partial charge in [0, 0.05) is 11.4 Å². The van der Waals surface area contributed by atoms with Crippen molar-refractivity contribution >= 4 is 17.2 Å². The highest BCUT2D eigenvalue weighted by Crippen LogP contribution is 2.22. The van der Waals surface area contributed by atoms with Crippen LogP contribution in [0.5, 0.6) is 5.75 Å². The molecule has 0 saturated carbocycles. The summed E-state index contributed by atoms with van der Waals surface area (Å²) in [5.41, 5.74) is 0.623. The van der Waals surface area contributed by atoms with Gasteiger partial charge in [0.05, 0.1) is 19.6 Å². The van der Waals surface area contributed by atoms with Crippen LogP contribution in [0, 0.1) is 5.82 Å². The minimum absolute atomic E-state index is 0.127. The average Bonchev–Trinajstić information content (AvgIpc) is 3.01. The van der Waals surface area contributed by atoms with Crippen LogP contribution < -0.4 is 10.1 Å². The molecule has 0 aliphatic carbocycles. The van der Waals surface area contributed by atoms with Crippen LogP contribution in [0.25, 0.3) is 0 Å². The number of nitrogens with zero attached hydrogens (tertiary/aromatic N) is 1. The van der Waals surface area contributed by atoms with E-state index in [-0.39, 0.29) is 24.1 Å². The predicted molar refractivity (Wildman–Crippen MR) is 90.4 cm³/mol. The molecule has 1 heterocycles. The molecule has 1 aromatic carbocycles. The lowest BCUT2D eigenvalue weighted by Crippen LogP contribution is -2.34. The number of carbonyl (C=O) groups is 1. The Balaban J connectivity index is 1.93. The van der Waals surface area contributed by atoms with Crippen molar-refractivity contribution in [2.75, 3.05) is 27.7 Å². The first-order chi connectivity index (χ1) is 11.0. The second-order valence-corrected chi connectivity index (χ2v) is 6.42. The van der Waals surface area contributed by atoms with E-state index in [0.717, 1.165) is 0 Å². The summed E-state index contributed by atoms with van der Waals surface area (Å²) in [5, 5.41) is 4.94. The number of nitrogens with one attached hydrogen (secondary N) is 1. The van der Waals surface area contributed by atoms with E-state index >= 15 is 0 Å². The minimum Gasteiger partial charge on any atom is -0.494 e. The smallest absolute Gasteiger partial charge is 0.224 e. The number of benzene rings is 1. The van der Waals surface area contributed by atoms with Gasteiger partial charge in [-0.2, -0.15) is 0 Å². The largest absolute Gasteiger partial charge is 0.494 e. The van der Waals surface area contributed by atoms with Crippen molar-refractivity contribution < 1.29 is 13.9 Å². The van der Waals surface area contributed by atoms with Crippen LogP contribution in [-0.2, 0) is 11.2 Å². The predicted octanol–water partition coefficient (Wildman–Crippen LogP) is 2.86. The molecule has 0 bridgehead atoms. The molecule has 1 amide bonds. The van der Waals surface area contributed by atoms with Gasteiger partial charge in [0.1, 0.15) is 0 Å². The zero-order chi connectivity index (χ0) is 16.8. The highest BCUT2D eigenvalue weighted by molar-refractivity contribution is 7.10. The molecule has 1 aromatic heterocycles. The maximum Gasteiger partial charge on any atom is 0.224 e. The lowest BCUT2D eigenvalue weighted by atomic mass is 10.1. The Bertz CT molecular complexity index is 644. The van der Waals surface area contributed by atoms with E-state index in [1.54, 1.807) is 17.4 Å². The summed E-state index contributed by atoms with van der Waals surface area (Å²) >= 11 is 1.66. The third kappa shape index (κ3) is 4.77. The van der Waals surface area contributed by atoms with Crippen LogP contribution in [0.1, 0.15) is 16.5 Å². The Labute approximate surface area is 139 Å². The number of halogens is 1. The van der Waals surface area contributed by atoms with E-state index in [4.69, 9.17) is 4.74 Å². The summed E-state index contributed by atoms with van der Waals surface area (Å²) in [4.78, 5) is 15.4. The SMILES string of the molecule is COc1ccc(CC(=O)NC[C@H](c2cccs2)N(C)C)cc1F. The summed E-state index contributed by atoms with van der Waals surface area (Å²) in [6.45, 7) is 0.519. The standard InChI is InChI=1S/C17H21FN2O2S/c1-20(2)14(16-5-4-8-23-16)11-19-17(21)10-12-6-7-15(22-3)13(18)9-12/h4-9,14H,10-11H2,1-3H3,(H,19,21)/t14-/m1/s1. The maximum absolute atomic E-state index is 13.6. The summed E-state index contributed by atoms with van der Waals surface area (Å²) in [5.74, 6) is -0.403. The van der Waals surface area contributed by atoms with Gasteiger partial charge in [-0.1, -0.05) is 12.1 Å². The third-order valence-electron chi connectivity index (χ3n) is 3.57. The van der Waals surface area contributed by atoms with Crippen LogP contribution in [0.4, 0.5) is 4.39 Å². The number of thiophene rings is 1. The Hall–Kier alpha value is -1.92. The van der Waals surface area contributed by atoms with Gasteiger partial charge in [0.2, 0.25) is 5.91 Å². The van der Waals surface area contributed by atoms with Crippen molar-refractivity contribution in [3.63, 3.8) is 0 Å². The van der Waals surface area contributed by atoms with E-state index in [0.29, 0.717) is 12.1 Å². The molecule has 1 atom stereocenters. The van der Waals surface area contributed by atoms with E-state index in [2.05, 4.69) is 16.3 Å². The first kappa shape index (κ1) is 17.4. The van der Waals surface area contributed by atoms with Crippen molar-refractivity contribution in [1.29, 1.82) is 0 Å². The highest BCUT2D eigenvalue weighted by Gasteiger charge is 2.16. The molecular formula is C17H21FN2O2S. The lowest BCUT2D eigenvalue weighted by Gasteiger charge is -2.23. The molecule has 124 valence electrons. The maximum atomic E-state index is 13.6. The number of likely N-dealkylation sites (N-methyl/N-ethyl adjacent to an activating group) is 1. The number of rotatable bonds is 7. The molecule has 0 unspecified atom stereocenters. The fourth-order valence-corrected chi connectivity index (χ4v) is 3.22. The van der Waals surface area contributed by atoms with Crippen molar-refractivity contribution in [1.82, 2.24) is 10.2 Å². The fourth-order valence-electron chi connectivity index (χ4n) is 2.30. The molecule has 0 spiro atoms. The van der Waals surface area contributed by atoms with Gasteiger partial charge < -0.3 is 15.0 Å². The quantitative estimate of drug-likeness (QED) is 0.845. The number of hydrogen-bond acceptors (Lipinski definition) is 4. The fraction of sp³-hybridized carbons (Fsp3) is 0.353. The molecule has 1 N–H and O–H groups in total. The van der Waals surface area contributed by atoms with Gasteiger partial charge in [-0.3, -0.25) is 4.79 Å². The monoisotopic (exact) mass is 336 g/mol. The van der Waals surface area contributed by atoms with Crippen molar-refractivity contribution in [2.24, 2.45) is 0 Å². The summed E-state index contributed by atoms with van der Waals surface area (Å²) in [6, 6.07) is 8.75. The van der Waals surface area contributed by atoms with Crippen molar-refractivity contribution in [3.8, 4) is 5.75 Å². The Morgan fingerprint density at radius 1 is 1.39 bits per heavy atom. The highest BCUT2D eigenvalue weighted by atomic mass is 32.1. The van der Waals surface area contributed by atoms with Gasteiger partial charge >= 0.3 is 0 Å². The number of methoxy groups -OCH3 is 1. The minimum atomic E-state index is -0.456. The lowest BCUT2D eigenvalue weighted by molar-refractivity contribution is -0.120. The second kappa shape index (κ2) is 8.08. The van der Waals surface area contributed by atoms with Crippen molar-refractivity contribution in [2.45, 2.75) is 12.5 Å². The zero-order valence-electron chi connectivity index (χ0n) is 13.5. The van der Waals surface area contributed by atoms with E-state index < -0.39 is 5.82 Å². The molecule has 0 fully saturated rings. The number of hydrogen-bond donors (Lipinski definition) is 1. The number of ether oxygens (including phenoxy) is 1. The van der Waals surface area contributed by atoms with Crippen molar-refractivity contribution in [3.05, 3.63) is 52.0 Å². The Kier molecular flexibility index (Phi) is 6.12. The van der Waals surface area contributed by atoms with E-state index in [9.17, 15) is 9.18 Å². The molecule has 0 aliphatic heterocycles. The molecule has 4 nitrogen and oxygen atoms in total. The van der Waals surface area contributed by atoms with Crippen LogP contribution in [0.2, 0.25) is 0 Å². The van der Waals surface area contributed by atoms with Crippen LogP contribution >= 0.6 is 11.3 Å². The average molecular weight is 336 g/mol. The number of carbonyl (C=O) groups excluding carboxylic acids is 1. The first-order valence-corrected chi connectivity index (χ1v) is 8.18. The molecule has 2 rings (SSSR count). The van der Waals surface area contributed by atoms with Gasteiger partial charge in [-0.25, -0.2) is 4.39 Å². The zero-order valence-corrected chi connectivity index (χ0v) is 14.3. The summed E-state index contributed by atoms with van der Waals surface area (Å²) in [6.07, 6.45) is 0.144. The second-order valence-electron chi connectivity index (χ2n) is 5.44. The van der Waals surface area contributed by atoms with Gasteiger partial charge in [0.15, 0.2) is 11.6 Å². The topological polar surface area (TPSA) is 41.6 Å². The summed E-state index contributed by atoms with van der Waals surface area (Å²) in [7, 11) is 5.38. The molecule has 0 saturated heterocycles. The summed E-state index contributed by atoms with van der Waals surface area (Å²) < 4.78 is 18.5. The van der Waals surface area contributed by atoms with E-state index in [1.807, 2.05) is 25.5 Å².